The van der Waals surface area contributed by atoms with Gasteiger partial charge in [0.15, 0.2) is 0 Å². The van der Waals surface area contributed by atoms with Gasteiger partial charge in [-0.3, -0.25) is 0 Å². The largest absolute Gasteiger partial charge is 0.314 e. The molecule has 0 radical (unpaired) electrons. The maximum atomic E-state index is 3.52. The summed E-state index contributed by atoms with van der Waals surface area (Å²) in [5.74, 6) is 2.68. The van der Waals surface area contributed by atoms with Crippen LogP contribution in [0.3, 0.4) is 0 Å². The lowest BCUT2D eigenvalue weighted by atomic mass is 10.2. The normalized spacial score (nSPS) is 13.1. The highest BCUT2D eigenvalue weighted by Crippen LogP contribution is 2.08. The second kappa shape index (κ2) is 11.4. The first kappa shape index (κ1) is 14.3. The van der Waals surface area contributed by atoms with Gasteiger partial charge >= 0.3 is 0 Å². The van der Waals surface area contributed by atoms with E-state index >= 15 is 0 Å². The van der Waals surface area contributed by atoms with Crippen molar-refractivity contribution >= 4 is 11.8 Å². The van der Waals surface area contributed by atoms with Crippen molar-refractivity contribution in [2.24, 2.45) is 0 Å². The van der Waals surface area contributed by atoms with E-state index in [4.69, 9.17) is 0 Å². The number of nitrogens with one attached hydrogen (secondary N) is 1. The summed E-state index contributed by atoms with van der Waals surface area (Å²) in [5, 5.41) is 3.52. The Morgan fingerprint density at radius 2 is 1.86 bits per heavy atom. The minimum Gasteiger partial charge on any atom is -0.314 e. The molecule has 0 aromatic rings. The Labute approximate surface area is 94.4 Å². The molecule has 0 saturated heterocycles. The van der Waals surface area contributed by atoms with E-state index < -0.39 is 0 Å². The van der Waals surface area contributed by atoms with Crippen molar-refractivity contribution in [1.29, 1.82) is 0 Å². The van der Waals surface area contributed by atoms with E-state index in [9.17, 15) is 0 Å². The van der Waals surface area contributed by atoms with Gasteiger partial charge in [-0.1, -0.05) is 26.7 Å². The molecule has 14 heavy (non-hydrogen) atoms. The quantitative estimate of drug-likeness (QED) is 0.560. The van der Waals surface area contributed by atoms with Gasteiger partial charge in [-0.2, -0.15) is 11.8 Å². The van der Waals surface area contributed by atoms with Crippen LogP contribution in [0.15, 0.2) is 0 Å². The summed E-state index contributed by atoms with van der Waals surface area (Å²) < 4.78 is 0. The van der Waals surface area contributed by atoms with Gasteiger partial charge in [-0.25, -0.2) is 0 Å². The predicted octanol–water partition coefficient (Wildman–Crippen LogP) is 3.69. The molecule has 86 valence electrons. The second-order valence-corrected chi connectivity index (χ2v) is 5.19. The molecule has 0 rings (SSSR count). The molecule has 0 saturated carbocycles. The Morgan fingerprint density at radius 3 is 2.50 bits per heavy atom. The van der Waals surface area contributed by atoms with E-state index in [2.05, 4.69) is 37.8 Å². The van der Waals surface area contributed by atoms with Crippen LogP contribution in [0.2, 0.25) is 0 Å². The lowest BCUT2D eigenvalue weighted by molar-refractivity contribution is 0.536. The maximum absolute atomic E-state index is 3.52. The van der Waals surface area contributed by atoms with Gasteiger partial charge in [0.25, 0.3) is 0 Å². The molecule has 0 aromatic carbocycles. The van der Waals surface area contributed by atoms with Crippen molar-refractivity contribution in [3.63, 3.8) is 0 Å². The van der Waals surface area contributed by atoms with Crippen LogP contribution in [-0.4, -0.2) is 24.1 Å². The number of unbranched alkanes of at least 4 members (excludes halogenated alkanes) is 2. The summed E-state index contributed by atoms with van der Waals surface area (Å²) in [6.45, 7) is 7.95. The topological polar surface area (TPSA) is 12.0 Å². The molecular formula is C12H27NS. The summed E-state index contributed by atoms with van der Waals surface area (Å²) in [5.41, 5.74) is 0. The zero-order chi connectivity index (χ0) is 10.6. The SMILES string of the molecule is CCCCCSCCC(C)NCCC. The van der Waals surface area contributed by atoms with Crippen LogP contribution in [-0.2, 0) is 0 Å². The first-order valence-electron chi connectivity index (χ1n) is 6.12. The first-order chi connectivity index (χ1) is 6.81. The zero-order valence-corrected chi connectivity index (χ0v) is 11.0. The predicted molar refractivity (Wildman–Crippen MR) is 69.2 cm³/mol. The summed E-state index contributed by atoms with van der Waals surface area (Å²) in [6, 6.07) is 0.702. The minimum atomic E-state index is 0.702. The van der Waals surface area contributed by atoms with Crippen molar-refractivity contribution in [3.8, 4) is 0 Å². The standard InChI is InChI=1S/C12H27NS/c1-4-6-7-10-14-11-8-12(3)13-9-5-2/h12-13H,4-11H2,1-3H3. The van der Waals surface area contributed by atoms with E-state index in [1.807, 2.05) is 0 Å². The third-order valence-corrected chi connectivity index (χ3v) is 3.43. The van der Waals surface area contributed by atoms with Gasteiger partial charge in [0, 0.05) is 6.04 Å². The van der Waals surface area contributed by atoms with E-state index in [1.165, 1.54) is 50.2 Å². The molecule has 1 nitrogen and oxygen atoms in total. The molecule has 1 N–H and O–H groups in total. The van der Waals surface area contributed by atoms with Gasteiger partial charge in [0.1, 0.15) is 0 Å². The molecule has 0 aliphatic rings. The van der Waals surface area contributed by atoms with Crippen LogP contribution in [0.5, 0.6) is 0 Å². The van der Waals surface area contributed by atoms with Crippen molar-refractivity contribution < 1.29 is 0 Å². The fourth-order valence-electron chi connectivity index (χ4n) is 1.31. The number of rotatable bonds is 10. The van der Waals surface area contributed by atoms with Crippen molar-refractivity contribution in [1.82, 2.24) is 5.32 Å². The van der Waals surface area contributed by atoms with Crippen LogP contribution in [0, 0.1) is 0 Å². The fourth-order valence-corrected chi connectivity index (χ4v) is 2.44. The Balaban J connectivity index is 3.02. The third-order valence-electron chi connectivity index (χ3n) is 2.33. The molecule has 1 atom stereocenters. The molecule has 0 fully saturated rings. The van der Waals surface area contributed by atoms with Crippen LogP contribution < -0.4 is 5.32 Å². The number of thioether (sulfide) groups is 1. The first-order valence-corrected chi connectivity index (χ1v) is 7.27. The van der Waals surface area contributed by atoms with Gasteiger partial charge in [0.05, 0.1) is 0 Å². The van der Waals surface area contributed by atoms with Crippen LogP contribution in [0.4, 0.5) is 0 Å². The van der Waals surface area contributed by atoms with Crippen molar-refractivity contribution in [2.75, 3.05) is 18.1 Å². The lowest BCUT2D eigenvalue weighted by Crippen LogP contribution is -2.27. The van der Waals surface area contributed by atoms with E-state index in [0.717, 1.165) is 0 Å². The zero-order valence-electron chi connectivity index (χ0n) is 10.1. The average molecular weight is 217 g/mol. The number of hydrogen-bond acceptors (Lipinski definition) is 2. The highest BCUT2D eigenvalue weighted by Gasteiger charge is 1.99. The molecular weight excluding hydrogens is 190 g/mol. The highest BCUT2D eigenvalue weighted by molar-refractivity contribution is 7.99. The third kappa shape index (κ3) is 10.4. The van der Waals surface area contributed by atoms with Crippen LogP contribution in [0.1, 0.15) is 52.9 Å². The monoisotopic (exact) mass is 217 g/mol. The van der Waals surface area contributed by atoms with Crippen LogP contribution in [0.25, 0.3) is 0 Å². The molecule has 0 aromatic heterocycles. The van der Waals surface area contributed by atoms with E-state index in [0.29, 0.717) is 6.04 Å². The fraction of sp³-hybridized carbons (Fsp3) is 1.00. The maximum Gasteiger partial charge on any atom is 0.00465 e. The van der Waals surface area contributed by atoms with E-state index in [1.54, 1.807) is 0 Å². The summed E-state index contributed by atoms with van der Waals surface area (Å²) >= 11 is 2.11. The summed E-state index contributed by atoms with van der Waals surface area (Å²) in [4.78, 5) is 0. The Kier molecular flexibility index (Phi) is 11.6. The lowest BCUT2D eigenvalue weighted by Gasteiger charge is -2.12. The smallest absolute Gasteiger partial charge is 0.00465 e. The molecule has 0 bridgehead atoms. The molecule has 0 spiro atoms. The second-order valence-electron chi connectivity index (χ2n) is 3.96. The van der Waals surface area contributed by atoms with E-state index in [-0.39, 0.29) is 0 Å². The summed E-state index contributed by atoms with van der Waals surface area (Å²) in [7, 11) is 0. The van der Waals surface area contributed by atoms with Gasteiger partial charge in [-0.05, 0) is 44.2 Å². The van der Waals surface area contributed by atoms with Gasteiger partial charge < -0.3 is 5.32 Å². The Morgan fingerprint density at radius 1 is 1.07 bits per heavy atom. The number of hydrogen-bond donors (Lipinski definition) is 1. The Hall–Kier alpha value is 0.310. The average Bonchev–Trinajstić information content (AvgIpc) is 2.20. The molecule has 0 heterocycles. The Bertz CT molecular complexity index is 106. The van der Waals surface area contributed by atoms with Crippen molar-refractivity contribution in [2.45, 2.75) is 58.9 Å². The molecule has 2 heteroatoms. The minimum absolute atomic E-state index is 0.702. The molecule has 1 unspecified atom stereocenters. The van der Waals surface area contributed by atoms with Gasteiger partial charge in [-0.15, -0.1) is 0 Å². The van der Waals surface area contributed by atoms with Crippen LogP contribution >= 0.6 is 11.8 Å². The van der Waals surface area contributed by atoms with Crippen molar-refractivity contribution in [3.05, 3.63) is 0 Å². The van der Waals surface area contributed by atoms with Gasteiger partial charge in [0.2, 0.25) is 0 Å². The molecule has 0 aliphatic carbocycles. The summed E-state index contributed by atoms with van der Waals surface area (Å²) in [6.07, 6.45) is 6.70. The highest BCUT2D eigenvalue weighted by atomic mass is 32.2. The molecule has 0 amide bonds. The molecule has 0 aliphatic heterocycles.